The predicted molar refractivity (Wildman–Crippen MR) is 94.6 cm³/mol. The predicted octanol–water partition coefficient (Wildman–Crippen LogP) is 1.43. The van der Waals surface area contributed by atoms with Crippen LogP contribution in [0.3, 0.4) is 0 Å². The van der Waals surface area contributed by atoms with E-state index < -0.39 is 0 Å². The summed E-state index contributed by atoms with van der Waals surface area (Å²) >= 11 is 0. The van der Waals surface area contributed by atoms with Crippen LogP contribution < -0.4 is 15.0 Å². The third-order valence-electron chi connectivity index (χ3n) is 3.89. The third kappa shape index (κ3) is 5.03. The number of anilines is 1. The van der Waals surface area contributed by atoms with Gasteiger partial charge < -0.3 is 24.6 Å². The fourth-order valence-corrected chi connectivity index (χ4v) is 2.65. The number of nitrogens with zero attached hydrogens (tertiary/aromatic N) is 3. The third-order valence-corrected chi connectivity index (χ3v) is 3.89. The molecule has 6 heteroatoms. The van der Waals surface area contributed by atoms with Crippen molar-refractivity contribution in [3.63, 3.8) is 0 Å². The molecule has 0 amide bonds. The summed E-state index contributed by atoms with van der Waals surface area (Å²) in [6.45, 7) is 8.17. The van der Waals surface area contributed by atoms with Gasteiger partial charge >= 0.3 is 0 Å². The van der Waals surface area contributed by atoms with Gasteiger partial charge in [0.25, 0.3) is 0 Å². The second kappa shape index (κ2) is 9.25. The van der Waals surface area contributed by atoms with E-state index in [-0.39, 0.29) is 0 Å². The van der Waals surface area contributed by atoms with E-state index in [4.69, 9.17) is 9.47 Å². The van der Waals surface area contributed by atoms with Gasteiger partial charge in [-0.05, 0) is 19.1 Å². The number of hydrogen-bond donors (Lipinski definition) is 1. The van der Waals surface area contributed by atoms with Gasteiger partial charge in [-0.1, -0.05) is 6.07 Å². The average Bonchev–Trinajstić information content (AvgIpc) is 2.61. The molecular formula is C17H28N4O2. The highest BCUT2D eigenvalue weighted by Gasteiger charge is 2.19. The smallest absolute Gasteiger partial charge is 0.194 e. The van der Waals surface area contributed by atoms with Gasteiger partial charge in [0, 0.05) is 51.6 Å². The molecule has 1 aromatic rings. The minimum atomic E-state index is 0.651. The largest absolute Gasteiger partial charge is 0.497 e. The van der Waals surface area contributed by atoms with Gasteiger partial charge in [-0.2, -0.15) is 0 Å². The molecule has 0 unspecified atom stereocenters. The molecule has 1 fully saturated rings. The fourth-order valence-electron chi connectivity index (χ4n) is 2.65. The Morgan fingerprint density at radius 1 is 1.22 bits per heavy atom. The summed E-state index contributed by atoms with van der Waals surface area (Å²) in [6.07, 6.45) is 0. The summed E-state index contributed by atoms with van der Waals surface area (Å²) in [5.41, 5.74) is 1.21. The maximum absolute atomic E-state index is 5.31. The zero-order chi connectivity index (χ0) is 16.5. The van der Waals surface area contributed by atoms with Crippen LogP contribution in [0.15, 0.2) is 29.3 Å². The lowest BCUT2D eigenvalue weighted by molar-refractivity contribution is 0.207. The zero-order valence-corrected chi connectivity index (χ0v) is 14.4. The number of aliphatic imine (C=N–C) groups is 1. The van der Waals surface area contributed by atoms with E-state index in [9.17, 15) is 0 Å². The van der Waals surface area contributed by atoms with Crippen molar-refractivity contribution >= 4 is 11.6 Å². The Kier molecular flexibility index (Phi) is 7.00. The molecule has 1 N–H and O–H groups in total. The molecule has 0 radical (unpaired) electrons. The van der Waals surface area contributed by atoms with Crippen LogP contribution in [0.25, 0.3) is 0 Å². The number of nitrogens with one attached hydrogen (secondary N) is 1. The van der Waals surface area contributed by atoms with E-state index in [1.807, 2.05) is 12.1 Å². The minimum Gasteiger partial charge on any atom is -0.497 e. The van der Waals surface area contributed by atoms with Crippen LogP contribution in [-0.4, -0.2) is 71.0 Å². The molecule has 0 saturated carbocycles. The molecule has 23 heavy (non-hydrogen) atoms. The van der Waals surface area contributed by atoms with E-state index in [0.29, 0.717) is 13.2 Å². The summed E-state index contributed by atoms with van der Waals surface area (Å²) in [4.78, 5) is 9.32. The van der Waals surface area contributed by atoms with Crippen molar-refractivity contribution in [3.8, 4) is 5.75 Å². The van der Waals surface area contributed by atoms with Crippen LogP contribution in [0, 0.1) is 0 Å². The maximum atomic E-state index is 5.31. The molecular weight excluding hydrogens is 292 g/mol. The Hall–Kier alpha value is -1.95. The molecule has 1 heterocycles. The maximum Gasteiger partial charge on any atom is 0.194 e. The van der Waals surface area contributed by atoms with Crippen LogP contribution in [0.2, 0.25) is 0 Å². The number of piperazine rings is 1. The van der Waals surface area contributed by atoms with E-state index in [1.165, 1.54) is 5.69 Å². The standard InChI is InChI=1S/C17H28N4O2/c1-4-18-17(19-8-13-22-2)21-11-9-20(10-12-21)15-6-5-7-16(14-15)23-3/h5-7,14H,4,8-13H2,1-3H3,(H,18,19). The Bertz CT molecular complexity index is 499. The van der Waals surface area contributed by atoms with E-state index >= 15 is 0 Å². The molecule has 1 aliphatic rings. The number of methoxy groups -OCH3 is 2. The van der Waals surface area contributed by atoms with Gasteiger partial charge in [-0.3, -0.25) is 4.99 Å². The lowest BCUT2D eigenvalue weighted by Gasteiger charge is -2.37. The number of guanidine groups is 1. The van der Waals surface area contributed by atoms with Gasteiger partial charge in [0.05, 0.1) is 20.3 Å². The van der Waals surface area contributed by atoms with Crippen molar-refractivity contribution in [3.05, 3.63) is 24.3 Å². The average molecular weight is 320 g/mol. The highest BCUT2D eigenvalue weighted by molar-refractivity contribution is 5.80. The molecule has 0 atom stereocenters. The Morgan fingerprint density at radius 3 is 2.65 bits per heavy atom. The molecule has 1 aliphatic heterocycles. The first-order valence-electron chi connectivity index (χ1n) is 8.19. The highest BCUT2D eigenvalue weighted by atomic mass is 16.5. The second-order valence-electron chi connectivity index (χ2n) is 5.40. The number of hydrogen-bond acceptors (Lipinski definition) is 4. The quantitative estimate of drug-likeness (QED) is 0.488. The SMILES string of the molecule is CCNC(=NCCOC)N1CCN(c2cccc(OC)c2)CC1. The van der Waals surface area contributed by atoms with Crippen molar-refractivity contribution in [1.29, 1.82) is 0 Å². The van der Waals surface area contributed by atoms with Gasteiger partial charge in [0.15, 0.2) is 5.96 Å². The van der Waals surface area contributed by atoms with Crippen molar-refractivity contribution in [1.82, 2.24) is 10.2 Å². The molecule has 1 aromatic carbocycles. The normalized spacial score (nSPS) is 15.7. The van der Waals surface area contributed by atoms with Crippen molar-refractivity contribution in [2.45, 2.75) is 6.92 Å². The molecule has 128 valence electrons. The number of rotatable bonds is 6. The first-order chi connectivity index (χ1) is 11.3. The van der Waals surface area contributed by atoms with E-state index in [0.717, 1.165) is 44.4 Å². The topological polar surface area (TPSA) is 49.3 Å². The van der Waals surface area contributed by atoms with E-state index in [1.54, 1.807) is 14.2 Å². The summed E-state index contributed by atoms with van der Waals surface area (Å²) in [6, 6.07) is 8.24. The molecule has 0 bridgehead atoms. The Balaban J connectivity index is 1.94. The zero-order valence-electron chi connectivity index (χ0n) is 14.4. The molecule has 6 nitrogen and oxygen atoms in total. The van der Waals surface area contributed by atoms with Crippen LogP contribution in [0.5, 0.6) is 5.75 Å². The lowest BCUT2D eigenvalue weighted by Crippen LogP contribution is -2.52. The lowest BCUT2D eigenvalue weighted by atomic mass is 10.2. The molecule has 1 saturated heterocycles. The second-order valence-corrected chi connectivity index (χ2v) is 5.40. The number of benzene rings is 1. The van der Waals surface area contributed by atoms with Gasteiger partial charge in [-0.25, -0.2) is 0 Å². The van der Waals surface area contributed by atoms with Gasteiger partial charge in [0.2, 0.25) is 0 Å². The van der Waals surface area contributed by atoms with Crippen LogP contribution in [-0.2, 0) is 4.74 Å². The summed E-state index contributed by atoms with van der Waals surface area (Å²) in [5, 5.41) is 3.37. The van der Waals surface area contributed by atoms with Crippen LogP contribution in [0.4, 0.5) is 5.69 Å². The summed E-state index contributed by atoms with van der Waals surface area (Å²) < 4.78 is 10.4. The summed E-state index contributed by atoms with van der Waals surface area (Å²) in [5.74, 6) is 1.88. The minimum absolute atomic E-state index is 0.651. The number of ether oxygens (including phenoxy) is 2. The van der Waals surface area contributed by atoms with Crippen molar-refractivity contribution < 1.29 is 9.47 Å². The van der Waals surface area contributed by atoms with Gasteiger partial charge in [-0.15, -0.1) is 0 Å². The van der Waals surface area contributed by atoms with Crippen LogP contribution >= 0.6 is 0 Å². The van der Waals surface area contributed by atoms with Crippen molar-refractivity contribution in [2.75, 3.05) is 65.0 Å². The molecule has 2 rings (SSSR count). The van der Waals surface area contributed by atoms with Crippen LogP contribution in [0.1, 0.15) is 6.92 Å². The monoisotopic (exact) mass is 320 g/mol. The molecule has 0 spiro atoms. The summed E-state index contributed by atoms with van der Waals surface area (Å²) in [7, 11) is 3.41. The first-order valence-corrected chi connectivity index (χ1v) is 8.19. The molecule has 0 aromatic heterocycles. The Morgan fingerprint density at radius 2 is 2.00 bits per heavy atom. The fraction of sp³-hybridized carbons (Fsp3) is 0.588. The molecule has 0 aliphatic carbocycles. The van der Waals surface area contributed by atoms with Gasteiger partial charge in [0.1, 0.15) is 5.75 Å². The first kappa shape index (κ1) is 17.4. The Labute approximate surface area is 139 Å². The van der Waals surface area contributed by atoms with E-state index in [2.05, 4.69) is 39.2 Å². The highest BCUT2D eigenvalue weighted by Crippen LogP contribution is 2.22. The van der Waals surface area contributed by atoms with Crippen molar-refractivity contribution in [2.24, 2.45) is 4.99 Å².